The van der Waals surface area contributed by atoms with Crippen LogP contribution in [0.1, 0.15) is 26.7 Å². The number of rotatable bonds is 7. The van der Waals surface area contributed by atoms with Crippen LogP contribution in [0.5, 0.6) is 0 Å². The SMILES string of the molecule is CCC(=O)SCCC(F)C(F)(F)C(F)(F)C(C)F. The van der Waals surface area contributed by atoms with Crippen LogP contribution in [-0.2, 0) is 4.79 Å². The summed E-state index contributed by atoms with van der Waals surface area (Å²) in [5.74, 6) is -10.5. The summed E-state index contributed by atoms with van der Waals surface area (Å²) in [5, 5.41) is -0.351. The van der Waals surface area contributed by atoms with Gasteiger partial charge in [0.1, 0.15) is 0 Å². The first kappa shape index (κ1) is 17.6. The van der Waals surface area contributed by atoms with E-state index in [2.05, 4.69) is 0 Å². The van der Waals surface area contributed by atoms with Crippen LogP contribution in [0.3, 0.4) is 0 Å². The molecule has 0 bridgehead atoms. The largest absolute Gasteiger partial charge is 0.343 e. The second kappa shape index (κ2) is 6.68. The molecule has 0 fully saturated rings. The molecule has 0 saturated heterocycles. The van der Waals surface area contributed by atoms with Crippen LogP contribution in [0.2, 0.25) is 0 Å². The van der Waals surface area contributed by atoms with E-state index in [-0.39, 0.29) is 24.2 Å². The summed E-state index contributed by atoms with van der Waals surface area (Å²) in [4.78, 5) is 10.8. The molecule has 0 heterocycles. The lowest BCUT2D eigenvalue weighted by Crippen LogP contribution is -2.52. The predicted octanol–water partition coefficient (Wildman–Crippen LogP) is 4.01. The van der Waals surface area contributed by atoms with Crippen LogP contribution < -0.4 is 0 Å². The van der Waals surface area contributed by atoms with Gasteiger partial charge >= 0.3 is 11.8 Å². The number of alkyl halides is 6. The number of carbonyl (C=O) groups excluding carboxylic acids is 1. The Bertz CT molecular complexity index is 282. The van der Waals surface area contributed by atoms with E-state index in [4.69, 9.17) is 0 Å². The minimum atomic E-state index is -5.09. The Morgan fingerprint density at radius 1 is 1.17 bits per heavy atom. The van der Waals surface area contributed by atoms with E-state index in [0.717, 1.165) is 0 Å². The average molecular weight is 296 g/mol. The highest BCUT2D eigenvalue weighted by atomic mass is 32.2. The molecule has 0 rings (SSSR count). The van der Waals surface area contributed by atoms with Crippen molar-refractivity contribution < 1.29 is 31.1 Å². The van der Waals surface area contributed by atoms with Crippen molar-refractivity contribution in [1.29, 1.82) is 0 Å². The molecule has 0 aliphatic carbocycles. The van der Waals surface area contributed by atoms with Gasteiger partial charge in [0.2, 0.25) is 0 Å². The Labute approximate surface area is 105 Å². The smallest absolute Gasteiger partial charge is 0.287 e. The summed E-state index contributed by atoms with van der Waals surface area (Å²) < 4.78 is 77.0. The fourth-order valence-corrected chi connectivity index (χ4v) is 1.79. The molecule has 1 nitrogen and oxygen atoms in total. The summed E-state index contributed by atoms with van der Waals surface area (Å²) in [6, 6.07) is 0. The highest BCUT2D eigenvalue weighted by Crippen LogP contribution is 2.43. The Morgan fingerprint density at radius 3 is 2.06 bits per heavy atom. The van der Waals surface area contributed by atoms with Gasteiger partial charge in [0.25, 0.3) is 0 Å². The zero-order valence-electron chi connectivity index (χ0n) is 9.86. The lowest BCUT2D eigenvalue weighted by atomic mass is 10.0. The molecule has 0 N–H and O–H groups in total. The van der Waals surface area contributed by atoms with Crippen molar-refractivity contribution >= 4 is 16.9 Å². The molecule has 0 aromatic carbocycles. The molecular formula is C10H14F6OS. The van der Waals surface area contributed by atoms with Gasteiger partial charge in [-0.2, -0.15) is 17.6 Å². The number of carbonyl (C=O) groups is 1. The van der Waals surface area contributed by atoms with Crippen LogP contribution in [0.4, 0.5) is 26.3 Å². The number of halogens is 6. The van der Waals surface area contributed by atoms with Crippen molar-refractivity contribution in [3.05, 3.63) is 0 Å². The van der Waals surface area contributed by atoms with Crippen molar-refractivity contribution in [2.75, 3.05) is 5.75 Å². The van der Waals surface area contributed by atoms with Gasteiger partial charge < -0.3 is 0 Å². The molecule has 2 atom stereocenters. The molecule has 0 aliphatic heterocycles. The standard InChI is InChI=1S/C10H14F6OS/c1-3-8(17)18-5-4-7(12)10(15,16)9(13,14)6(2)11/h6-7H,3-5H2,1-2H3. The van der Waals surface area contributed by atoms with Crippen LogP contribution >= 0.6 is 11.8 Å². The van der Waals surface area contributed by atoms with Gasteiger partial charge in [-0.15, -0.1) is 0 Å². The Balaban J connectivity index is 4.48. The zero-order valence-corrected chi connectivity index (χ0v) is 10.7. The molecule has 108 valence electrons. The van der Waals surface area contributed by atoms with E-state index < -0.39 is 30.6 Å². The number of thioether (sulfide) groups is 1. The van der Waals surface area contributed by atoms with E-state index in [1.165, 1.54) is 6.92 Å². The molecule has 2 unspecified atom stereocenters. The fraction of sp³-hybridized carbons (Fsp3) is 0.900. The van der Waals surface area contributed by atoms with Crippen LogP contribution in [0, 0.1) is 0 Å². The Kier molecular flexibility index (Phi) is 6.53. The first-order chi connectivity index (χ1) is 8.07. The molecular weight excluding hydrogens is 282 g/mol. The summed E-state index contributed by atoms with van der Waals surface area (Å²) in [6.07, 6.45) is -7.15. The summed E-state index contributed by atoms with van der Waals surface area (Å²) in [7, 11) is 0. The van der Waals surface area contributed by atoms with Crippen molar-refractivity contribution in [1.82, 2.24) is 0 Å². The van der Waals surface area contributed by atoms with Crippen molar-refractivity contribution in [2.24, 2.45) is 0 Å². The molecule has 0 saturated carbocycles. The van der Waals surface area contributed by atoms with Crippen LogP contribution in [0.25, 0.3) is 0 Å². The van der Waals surface area contributed by atoms with Crippen molar-refractivity contribution in [3.8, 4) is 0 Å². The van der Waals surface area contributed by atoms with Crippen molar-refractivity contribution in [2.45, 2.75) is 50.9 Å². The molecule has 0 aromatic heterocycles. The molecule has 0 aromatic rings. The number of hydrogen-bond acceptors (Lipinski definition) is 2. The van der Waals surface area contributed by atoms with Crippen molar-refractivity contribution in [3.63, 3.8) is 0 Å². The second-order valence-electron chi connectivity index (χ2n) is 3.69. The molecule has 0 aliphatic rings. The first-order valence-electron chi connectivity index (χ1n) is 5.26. The van der Waals surface area contributed by atoms with Gasteiger partial charge in [-0.25, -0.2) is 8.78 Å². The fourth-order valence-electron chi connectivity index (χ4n) is 1.03. The highest BCUT2D eigenvalue weighted by Gasteiger charge is 2.64. The number of hydrogen-bond donors (Lipinski definition) is 0. The maximum absolute atomic E-state index is 13.1. The van der Waals surface area contributed by atoms with Crippen LogP contribution in [-0.4, -0.2) is 35.1 Å². The molecule has 0 amide bonds. The maximum Gasteiger partial charge on any atom is 0.343 e. The summed E-state index contributed by atoms with van der Waals surface area (Å²) >= 11 is 0.589. The molecule has 8 heteroatoms. The predicted molar refractivity (Wildman–Crippen MR) is 57.7 cm³/mol. The monoisotopic (exact) mass is 296 g/mol. The van der Waals surface area contributed by atoms with E-state index in [0.29, 0.717) is 11.8 Å². The van der Waals surface area contributed by atoms with Gasteiger partial charge in [0, 0.05) is 12.2 Å². The Morgan fingerprint density at radius 2 is 1.67 bits per heavy atom. The van der Waals surface area contributed by atoms with E-state index in [9.17, 15) is 31.1 Å². The van der Waals surface area contributed by atoms with Crippen LogP contribution in [0.15, 0.2) is 0 Å². The maximum atomic E-state index is 13.1. The third-order valence-electron chi connectivity index (χ3n) is 2.26. The lowest BCUT2D eigenvalue weighted by Gasteiger charge is -2.29. The normalized spacial score (nSPS) is 16.4. The highest BCUT2D eigenvalue weighted by molar-refractivity contribution is 8.13. The topological polar surface area (TPSA) is 17.1 Å². The van der Waals surface area contributed by atoms with Gasteiger partial charge in [-0.3, -0.25) is 4.79 Å². The van der Waals surface area contributed by atoms with E-state index in [1.807, 2.05) is 0 Å². The minimum Gasteiger partial charge on any atom is -0.287 e. The quantitative estimate of drug-likeness (QED) is 0.660. The van der Waals surface area contributed by atoms with Gasteiger partial charge in [-0.1, -0.05) is 18.7 Å². The van der Waals surface area contributed by atoms with Gasteiger partial charge in [-0.05, 0) is 13.3 Å². The third-order valence-corrected chi connectivity index (χ3v) is 3.31. The lowest BCUT2D eigenvalue weighted by molar-refractivity contribution is -0.261. The van der Waals surface area contributed by atoms with Gasteiger partial charge in [0.15, 0.2) is 17.5 Å². The van der Waals surface area contributed by atoms with Gasteiger partial charge in [0.05, 0.1) is 0 Å². The second-order valence-corrected chi connectivity index (χ2v) is 4.84. The minimum absolute atomic E-state index is 0.135. The Hall–Kier alpha value is -0.400. The molecule has 18 heavy (non-hydrogen) atoms. The zero-order chi connectivity index (χ0) is 14.6. The first-order valence-corrected chi connectivity index (χ1v) is 6.25. The third kappa shape index (κ3) is 4.07. The molecule has 0 spiro atoms. The summed E-state index contributed by atoms with van der Waals surface area (Å²) in [6.45, 7) is 1.77. The summed E-state index contributed by atoms with van der Waals surface area (Å²) in [5.41, 5.74) is 0. The average Bonchev–Trinajstić information content (AvgIpc) is 2.27. The molecule has 0 radical (unpaired) electrons. The van der Waals surface area contributed by atoms with E-state index >= 15 is 0 Å². The van der Waals surface area contributed by atoms with E-state index in [1.54, 1.807) is 0 Å².